The first-order valence-corrected chi connectivity index (χ1v) is 7.64. The van der Waals surface area contributed by atoms with Gasteiger partial charge in [0.15, 0.2) is 0 Å². The topological polar surface area (TPSA) is 73.7 Å². The molecule has 124 valence electrons. The highest BCUT2D eigenvalue weighted by atomic mass is 16.5. The molecule has 23 heavy (non-hydrogen) atoms. The molecule has 0 fully saturated rings. The van der Waals surface area contributed by atoms with Crippen LogP contribution >= 0.6 is 0 Å². The molecule has 2 rings (SSSR count). The van der Waals surface area contributed by atoms with Crippen LogP contribution in [0.5, 0.6) is 0 Å². The molecule has 0 saturated carbocycles. The Morgan fingerprint density at radius 3 is 2.13 bits per heavy atom. The molecule has 0 aromatic heterocycles. The summed E-state index contributed by atoms with van der Waals surface area (Å²) in [6, 6.07) is 13.8. The number of anilines is 3. The Kier molecular flexibility index (Phi) is 6.26. The molecule has 2 aromatic rings. The van der Waals surface area contributed by atoms with E-state index in [1.165, 1.54) is 0 Å². The first-order chi connectivity index (χ1) is 11.2. The standard InChI is InChI=1S/C18H25N3O2/c1-22-10-8-21(9-11-23-2)18-7-6-16(20)13-17(18)14-4-3-5-15(19)12-14/h3-7,12-13H,8-11,19-20H2,1-2H3. The second kappa shape index (κ2) is 8.41. The van der Waals surface area contributed by atoms with E-state index in [4.69, 9.17) is 20.9 Å². The first-order valence-electron chi connectivity index (χ1n) is 7.64. The molecule has 4 N–H and O–H groups in total. The van der Waals surface area contributed by atoms with Gasteiger partial charge in [0.2, 0.25) is 0 Å². The van der Waals surface area contributed by atoms with Gasteiger partial charge in [0.05, 0.1) is 13.2 Å². The van der Waals surface area contributed by atoms with Gasteiger partial charge >= 0.3 is 0 Å². The predicted octanol–water partition coefficient (Wildman–Crippen LogP) is 2.62. The van der Waals surface area contributed by atoms with E-state index >= 15 is 0 Å². The molecule has 5 heteroatoms. The van der Waals surface area contributed by atoms with Crippen molar-refractivity contribution in [3.05, 3.63) is 42.5 Å². The maximum absolute atomic E-state index is 6.00. The molecule has 2 aromatic carbocycles. The molecule has 0 unspecified atom stereocenters. The zero-order chi connectivity index (χ0) is 16.7. The second-order valence-electron chi connectivity index (χ2n) is 5.37. The number of rotatable bonds is 8. The van der Waals surface area contributed by atoms with E-state index in [2.05, 4.69) is 4.90 Å². The van der Waals surface area contributed by atoms with Crippen LogP contribution in [0.25, 0.3) is 11.1 Å². The zero-order valence-corrected chi connectivity index (χ0v) is 13.8. The SMILES string of the molecule is COCCN(CCOC)c1ccc(N)cc1-c1cccc(N)c1. The molecular weight excluding hydrogens is 290 g/mol. The highest BCUT2D eigenvalue weighted by molar-refractivity contribution is 5.82. The van der Waals surface area contributed by atoms with Gasteiger partial charge in [-0.25, -0.2) is 0 Å². The molecule has 0 amide bonds. The van der Waals surface area contributed by atoms with Crippen molar-refractivity contribution in [2.24, 2.45) is 0 Å². The largest absolute Gasteiger partial charge is 0.399 e. The maximum atomic E-state index is 6.00. The zero-order valence-electron chi connectivity index (χ0n) is 13.8. The average Bonchev–Trinajstić information content (AvgIpc) is 2.55. The average molecular weight is 315 g/mol. The van der Waals surface area contributed by atoms with Crippen molar-refractivity contribution in [3.8, 4) is 11.1 Å². The van der Waals surface area contributed by atoms with Gasteiger partial charge in [-0.2, -0.15) is 0 Å². The molecule has 0 radical (unpaired) electrons. The molecule has 0 aliphatic heterocycles. The number of nitrogens with two attached hydrogens (primary N) is 2. The van der Waals surface area contributed by atoms with Gasteiger partial charge in [0.1, 0.15) is 0 Å². The van der Waals surface area contributed by atoms with Crippen molar-refractivity contribution in [1.82, 2.24) is 0 Å². The second-order valence-corrected chi connectivity index (χ2v) is 5.37. The van der Waals surface area contributed by atoms with Crippen LogP contribution in [-0.2, 0) is 9.47 Å². The Bertz CT molecular complexity index is 623. The Morgan fingerprint density at radius 2 is 1.52 bits per heavy atom. The molecule has 0 bridgehead atoms. The van der Waals surface area contributed by atoms with Crippen LogP contribution in [0.1, 0.15) is 0 Å². The molecule has 0 spiro atoms. The molecule has 0 aliphatic rings. The fourth-order valence-electron chi connectivity index (χ4n) is 2.52. The van der Waals surface area contributed by atoms with Crippen LogP contribution in [0.2, 0.25) is 0 Å². The van der Waals surface area contributed by atoms with Crippen LogP contribution < -0.4 is 16.4 Å². The number of ether oxygens (including phenoxy) is 2. The van der Waals surface area contributed by atoms with Crippen molar-refractivity contribution in [3.63, 3.8) is 0 Å². The number of methoxy groups -OCH3 is 2. The highest BCUT2D eigenvalue weighted by Gasteiger charge is 2.13. The lowest BCUT2D eigenvalue weighted by molar-refractivity contribution is 0.190. The van der Waals surface area contributed by atoms with Crippen LogP contribution in [0, 0.1) is 0 Å². The van der Waals surface area contributed by atoms with E-state index in [0.29, 0.717) is 13.2 Å². The van der Waals surface area contributed by atoms with Gasteiger partial charge < -0.3 is 25.8 Å². The minimum absolute atomic E-state index is 0.643. The lowest BCUT2D eigenvalue weighted by atomic mass is 10.0. The van der Waals surface area contributed by atoms with Gasteiger partial charge in [-0.05, 0) is 35.9 Å². The number of benzene rings is 2. The minimum Gasteiger partial charge on any atom is -0.399 e. The van der Waals surface area contributed by atoms with E-state index in [1.807, 2.05) is 42.5 Å². The summed E-state index contributed by atoms with van der Waals surface area (Å²) in [4.78, 5) is 2.24. The summed E-state index contributed by atoms with van der Waals surface area (Å²) in [7, 11) is 3.41. The van der Waals surface area contributed by atoms with Crippen LogP contribution in [-0.4, -0.2) is 40.5 Å². The third-order valence-corrected chi connectivity index (χ3v) is 3.69. The fraction of sp³-hybridized carbons (Fsp3) is 0.333. The predicted molar refractivity (Wildman–Crippen MR) is 96.7 cm³/mol. The summed E-state index contributed by atoms with van der Waals surface area (Å²) in [5.74, 6) is 0. The van der Waals surface area contributed by atoms with Gasteiger partial charge in [-0.1, -0.05) is 12.1 Å². The van der Waals surface area contributed by atoms with Gasteiger partial charge in [0, 0.05) is 49.9 Å². The normalized spacial score (nSPS) is 10.7. The Hall–Kier alpha value is -2.24. The quantitative estimate of drug-likeness (QED) is 0.733. The fourth-order valence-corrected chi connectivity index (χ4v) is 2.52. The van der Waals surface area contributed by atoms with E-state index in [9.17, 15) is 0 Å². The van der Waals surface area contributed by atoms with Crippen molar-refractivity contribution in [2.45, 2.75) is 0 Å². The Balaban J connectivity index is 2.42. The van der Waals surface area contributed by atoms with E-state index < -0.39 is 0 Å². The van der Waals surface area contributed by atoms with Crippen LogP contribution in [0.15, 0.2) is 42.5 Å². The lowest BCUT2D eigenvalue weighted by Gasteiger charge is -2.27. The van der Waals surface area contributed by atoms with Gasteiger partial charge in [-0.3, -0.25) is 0 Å². The number of nitrogen functional groups attached to an aromatic ring is 2. The van der Waals surface area contributed by atoms with Crippen LogP contribution in [0.4, 0.5) is 17.1 Å². The van der Waals surface area contributed by atoms with E-state index in [-0.39, 0.29) is 0 Å². The molecular formula is C18H25N3O2. The smallest absolute Gasteiger partial charge is 0.0637 e. The first kappa shape index (κ1) is 17.1. The number of hydrogen-bond donors (Lipinski definition) is 2. The van der Waals surface area contributed by atoms with E-state index in [0.717, 1.165) is 41.3 Å². The van der Waals surface area contributed by atoms with Crippen molar-refractivity contribution < 1.29 is 9.47 Å². The number of hydrogen-bond acceptors (Lipinski definition) is 5. The Morgan fingerprint density at radius 1 is 0.870 bits per heavy atom. The monoisotopic (exact) mass is 315 g/mol. The summed E-state index contributed by atoms with van der Waals surface area (Å²) in [5.41, 5.74) is 16.6. The molecule has 0 atom stereocenters. The molecule has 0 heterocycles. The van der Waals surface area contributed by atoms with Gasteiger partial charge in [-0.15, -0.1) is 0 Å². The molecule has 5 nitrogen and oxygen atoms in total. The Labute approximate surface area is 137 Å². The van der Waals surface area contributed by atoms with Crippen molar-refractivity contribution >= 4 is 17.1 Å². The van der Waals surface area contributed by atoms with Crippen LogP contribution in [0.3, 0.4) is 0 Å². The third kappa shape index (κ3) is 4.61. The lowest BCUT2D eigenvalue weighted by Crippen LogP contribution is -2.31. The summed E-state index contributed by atoms with van der Waals surface area (Å²) in [6.07, 6.45) is 0. The van der Waals surface area contributed by atoms with Crippen molar-refractivity contribution in [2.75, 3.05) is 56.9 Å². The molecule has 0 saturated heterocycles. The van der Waals surface area contributed by atoms with Gasteiger partial charge in [0.25, 0.3) is 0 Å². The minimum atomic E-state index is 0.643. The maximum Gasteiger partial charge on any atom is 0.0637 e. The summed E-state index contributed by atoms with van der Waals surface area (Å²) < 4.78 is 10.5. The number of nitrogens with zero attached hydrogens (tertiary/aromatic N) is 1. The summed E-state index contributed by atoms with van der Waals surface area (Å²) >= 11 is 0. The third-order valence-electron chi connectivity index (χ3n) is 3.69. The summed E-state index contributed by atoms with van der Waals surface area (Å²) in [5, 5.41) is 0. The highest BCUT2D eigenvalue weighted by Crippen LogP contribution is 2.33. The summed E-state index contributed by atoms with van der Waals surface area (Å²) in [6.45, 7) is 2.84. The van der Waals surface area contributed by atoms with E-state index in [1.54, 1.807) is 14.2 Å². The van der Waals surface area contributed by atoms with Crippen molar-refractivity contribution in [1.29, 1.82) is 0 Å². The molecule has 0 aliphatic carbocycles.